The molecule has 1 saturated heterocycles. The van der Waals surface area contributed by atoms with Gasteiger partial charge in [0.15, 0.2) is 5.84 Å². The molecule has 2 N–H and O–H groups in total. The van der Waals surface area contributed by atoms with Gasteiger partial charge < -0.3 is 25.0 Å². The van der Waals surface area contributed by atoms with Crippen molar-refractivity contribution in [1.29, 1.82) is 0 Å². The number of carbonyl (C=O) groups is 1. The number of hydrogen-bond donors (Lipinski definition) is 1. The van der Waals surface area contributed by atoms with E-state index in [0.717, 1.165) is 19.4 Å². The van der Waals surface area contributed by atoms with Gasteiger partial charge >= 0.3 is 10.2 Å². The number of rotatable bonds is 5. The van der Waals surface area contributed by atoms with Crippen LogP contribution < -0.4 is 14.9 Å². The van der Waals surface area contributed by atoms with Crippen LogP contribution in [-0.4, -0.2) is 44.8 Å². The normalized spacial score (nSPS) is 21.3. The van der Waals surface area contributed by atoms with Crippen molar-refractivity contribution in [3.05, 3.63) is 29.0 Å². The fourth-order valence-electron chi connectivity index (χ4n) is 3.49. The lowest BCUT2D eigenvalue weighted by molar-refractivity contribution is -0.134. The van der Waals surface area contributed by atoms with Crippen molar-refractivity contribution in [3.8, 4) is 5.75 Å². The summed E-state index contributed by atoms with van der Waals surface area (Å²) in [6.07, 6.45) is 2.35. The van der Waals surface area contributed by atoms with E-state index in [4.69, 9.17) is 10.5 Å². The largest absolute Gasteiger partial charge is 0.743 e. The van der Waals surface area contributed by atoms with Gasteiger partial charge in [-0.3, -0.25) is 4.79 Å². The first-order chi connectivity index (χ1) is 13.2. The van der Waals surface area contributed by atoms with Gasteiger partial charge in [-0.2, -0.15) is 8.42 Å². The minimum Gasteiger partial charge on any atom is -0.743 e. The second-order valence-corrected chi connectivity index (χ2v) is 9.00. The molecule has 154 valence electrons. The summed E-state index contributed by atoms with van der Waals surface area (Å²) in [5.41, 5.74) is 5.84. The Labute approximate surface area is 164 Å². The van der Waals surface area contributed by atoms with Crippen LogP contribution in [0, 0.1) is 17.0 Å². The number of hydrogen-bond acceptors (Lipinski definition) is 6. The van der Waals surface area contributed by atoms with Gasteiger partial charge in [0.1, 0.15) is 5.75 Å². The van der Waals surface area contributed by atoms with Gasteiger partial charge in [0.2, 0.25) is 5.91 Å². The van der Waals surface area contributed by atoms with E-state index in [1.54, 1.807) is 6.07 Å². The minimum absolute atomic E-state index is 0.109. The Morgan fingerprint density at radius 1 is 1.43 bits per heavy atom. The average molecular weight is 409 g/mol. The maximum atomic E-state index is 12.3. The second kappa shape index (κ2) is 7.96. The number of nitrogens with two attached hydrogens (primary N) is 1. The monoisotopic (exact) mass is 409 g/mol. The fraction of sp³-hybridized carbons (Fsp3) is 0.556. The number of amides is 1. The molecular formula is C18H25N4O5S-. The van der Waals surface area contributed by atoms with E-state index in [0.29, 0.717) is 31.2 Å². The molecular weight excluding hydrogens is 384 g/mol. The third kappa shape index (κ3) is 4.22. The molecule has 2 aliphatic rings. The first-order valence-electron chi connectivity index (χ1n) is 9.31. The predicted molar refractivity (Wildman–Crippen MR) is 106 cm³/mol. The summed E-state index contributed by atoms with van der Waals surface area (Å²) in [5, 5.41) is 12.0. The summed E-state index contributed by atoms with van der Waals surface area (Å²) in [7, 11) is -4.36. The lowest BCUT2D eigenvalue weighted by Gasteiger charge is -2.34. The molecule has 2 heterocycles. The zero-order valence-corrected chi connectivity index (χ0v) is 16.8. The van der Waals surface area contributed by atoms with Crippen LogP contribution in [-0.2, 0) is 15.0 Å². The molecule has 9 nitrogen and oxygen atoms in total. The van der Waals surface area contributed by atoms with Gasteiger partial charge in [-0.25, -0.2) is 0 Å². The Kier molecular flexibility index (Phi) is 5.80. The summed E-state index contributed by atoms with van der Waals surface area (Å²) in [4.78, 5) is 14.2. The second-order valence-electron chi connectivity index (χ2n) is 7.59. The molecule has 1 atom stereocenters. The van der Waals surface area contributed by atoms with Crippen molar-refractivity contribution in [3.63, 3.8) is 0 Å². The lowest BCUT2D eigenvalue weighted by Crippen LogP contribution is -2.42. The highest BCUT2D eigenvalue weighted by Crippen LogP contribution is 2.34. The first-order valence-corrected chi connectivity index (χ1v) is 10.7. The number of likely N-dealkylation sites (tertiary alicyclic amines) is 1. The molecule has 0 spiro atoms. The SMILES string of the molecule is CC(C)CC(=O)N1CCCC(COc2cccc3c2C(N)=NS(=O)(=O)N3[O-])C1. The molecule has 0 saturated carbocycles. The van der Waals surface area contributed by atoms with Gasteiger partial charge in [0.25, 0.3) is 0 Å². The molecule has 0 bridgehead atoms. The molecule has 1 aromatic rings. The summed E-state index contributed by atoms with van der Waals surface area (Å²) in [6, 6.07) is 4.52. The Bertz CT molecular complexity index is 884. The van der Waals surface area contributed by atoms with Crippen molar-refractivity contribution in [2.45, 2.75) is 33.1 Å². The zero-order valence-electron chi connectivity index (χ0n) is 16.0. The Morgan fingerprint density at radius 3 is 2.89 bits per heavy atom. The van der Waals surface area contributed by atoms with Crippen molar-refractivity contribution in [2.24, 2.45) is 22.0 Å². The number of nitrogens with zero attached hydrogens (tertiary/aromatic N) is 3. The van der Waals surface area contributed by atoms with Crippen LogP contribution in [0.1, 0.15) is 38.7 Å². The Morgan fingerprint density at radius 2 is 2.18 bits per heavy atom. The van der Waals surface area contributed by atoms with Gasteiger partial charge in [0.05, 0.1) is 17.9 Å². The van der Waals surface area contributed by atoms with Crippen LogP contribution in [0.15, 0.2) is 22.6 Å². The molecule has 10 heteroatoms. The smallest absolute Gasteiger partial charge is 0.336 e. The summed E-state index contributed by atoms with van der Waals surface area (Å²) >= 11 is 0. The Hall–Kier alpha value is -2.33. The molecule has 1 amide bonds. The van der Waals surface area contributed by atoms with E-state index in [1.807, 2.05) is 18.7 Å². The third-order valence-corrected chi connectivity index (χ3v) is 5.85. The van der Waals surface area contributed by atoms with E-state index in [-0.39, 0.29) is 33.4 Å². The standard InChI is InChI=1S/C18H25N4O5S/c1-12(2)9-16(23)21-8-4-5-13(10-21)11-27-15-7-3-6-14-17(15)18(19)20-28(25,26)22(14)24/h3,6-7,12-13H,4-5,8-11H2,1-2H3,(H2,19,20)/q-1. The molecule has 1 aromatic carbocycles. The average Bonchev–Trinajstić information content (AvgIpc) is 2.63. The summed E-state index contributed by atoms with van der Waals surface area (Å²) in [5.74, 6) is 0.652. The topological polar surface area (TPSA) is 128 Å². The van der Waals surface area contributed by atoms with Gasteiger partial charge in [-0.05, 0) is 30.9 Å². The highest BCUT2D eigenvalue weighted by atomic mass is 32.2. The number of piperidine rings is 1. The van der Waals surface area contributed by atoms with Crippen molar-refractivity contribution in [1.82, 2.24) is 4.90 Å². The molecule has 0 aromatic heterocycles. The number of carbonyl (C=O) groups excluding carboxylic acids is 1. The van der Waals surface area contributed by atoms with Gasteiger partial charge in [-0.15, -0.1) is 4.40 Å². The maximum absolute atomic E-state index is 12.3. The quantitative estimate of drug-likeness (QED) is 0.787. The van der Waals surface area contributed by atoms with Crippen molar-refractivity contribution < 1.29 is 17.9 Å². The number of ether oxygens (including phenoxy) is 1. The predicted octanol–water partition coefficient (Wildman–Crippen LogP) is 1.62. The maximum Gasteiger partial charge on any atom is 0.336 e. The summed E-state index contributed by atoms with van der Waals surface area (Å²) in [6.45, 7) is 5.75. The van der Waals surface area contributed by atoms with Crippen LogP contribution in [0.4, 0.5) is 5.69 Å². The zero-order chi connectivity index (χ0) is 20.5. The van der Waals surface area contributed by atoms with Crippen LogP contribution in [0.3, 0.4) is 0 Å². The Balaban J connectivity index is 1.71. The van der Waals surface area contributed by atoms with Crippen LogP contribution in [0.25, 0.3) is 0 Å². The van der Waals surface area contributed by atoms with E-state index in [1.165, 1.54) is 12.1 Å². The van der Waals surface area contributed by atoms with Crippen LogP contribution >= 0.6 is 0 Å². The molecule has 1 fully saturated rings. The van der Waals surface area contributed by atoms with Crippen molar-refractivity contribution in [2.75, 3.05) is 24.2 Å². The molecule has 2 aliphatic heterocycles. The van der Waals surface area contributed by atoms with Gasteiger partial charge in [-0.1, -0.05) is 19.9 Å². The number of anilines is 1. The number of benzene rings is 1. The van der Waals surface area contributed by atoms with E-state index in [2.05, 4.69) is 4.40 Å². The number of amidine groups is 1. The minimum atomic E-state index is -4.36. The van der Waals surface area contributed by atoms with Crippen molar-refractivity contribution >= 4 is 27.6 Å². The van der Waals surface area contributed by atoms with Gasteiger partial charge in [0, 0.05) is 25.4 Å². The molecule has 3 rings (SSSR count). The number of fused-ring (bicyclic) bond motifs is 1. The molecule has 1 unspecified atom stereocenters. The van der Waals surface area contributed by atoms with Crippen LogP contribution in [0.2, 0.25) is 0 Å². The summed E-state index contributed by atoms with van der Waals surface area (Å²) < 4.78 is 32.5. The highest BCUT2D eigenvalue weighted by Gasteiger charge is 2.28. The lowest BCUT2D eigenvalue weighted by atomic mass is 9.98. The first kappa shape index (κ1) is 20.4. The van der Waals surface area contributed by atoms with Crippen LogP contribution in [0.5, 0.6) is 5.75 Å². The molecule has 0 aliphatic carbocycles. The highest BCUT2D eigenvalue weighted by molar-refractivity contribution is 7.91. The fourth-order valence-corrected chi connectivity index (χ4v) is 4.31. The van der Waals surface area contributed by atoms with E-state index in [9.17, 15) is 18.4 Å². The third-order valence-electron chi connectivity index (χ3n) is 4.81. The molecule has 0 radical (unpaired) electrons. The van der Waals surface area contributed by atoms with E-state index < -0.39 is 10.2 Å². The van der Waals surface area contributed by atoms with E-state index >= 15 is 0 Å². The molecule has 28 heavy (non-hydrogen) atoms.